The van der Waals surface area contributed by atoms with E-state index in [0.717, 1.165) is 30.7 Å². The van der Waals surface area contributed by atoms with Gasteiger partial charge in [0.15, 0.2) is 0 Å². The molecule has 3 aromatic heterocycles. The first-order valence-corrected chi connectivity index (χ1v) is 12.5. The van der Waals surface area contributed by atoms with E-state index >= 15 is 0 Å². The predicted octanol–water partition coefficient (Wildman–Crippen LogP) is 3.88. The predicted molar refractivity (Wildman–Crippen MR) is 144 cm³/mol. The molecule has 1 atom stereocenters. The van der Waals surface area contributed by atoms with E-state index in [-0.39, 0.29) is 17.9 Å². The number of anilines is 2. The minimum Gasteiger partial charge on any atom is -0.382 e. The lowest BCUT2D eigenvalue weighted by Crippen LogP contribution is -2.38. The van der Waals surface area contributed by atoms with E-state index in [2.05, 4.69) is 15.3 Å². The number of carbonyl (C=O) groups is 2. The van der Waals surface area contributed by atoms with Gasteiger partial charge in [0, 0.05) is 49.4 Å². The van der Waals surface area contributed by atoms with Crippen LogP contribution in [-0.4, -0.2) is 56.3 Å². The number of piperidine rings is 1. The molecule has 2 amide bonds. The van der Waals surface area contributed by atoms with Gasteiger partial charge in [0.1, 0.15) is 28.7 Å². The lowest BCUT2D eigenvalue weighted by Gasteiger charge is -2.34. The number of carbonyl (C=O) groups excluding carboxylic acids is 2. The lowest BCUT2D eigenvalue weighted by atomic mass is 10.0. The van der Waals surface area contributed by atoms with Gasteiger partial charge in [-0.05, 0) is 43.5 Å². The highest BCUT2D eigenvalue weighted by Crippen LogP contribution is 2.36. The number of benzene rings is 1. The molecule has 10 heteroatoms. The van der Waals surface area contributed by atoms with Crippen LogP contribution in [0.5, 0.6) is 0 Å². The average molecular weight is 512 g/mol. The molecule has 4 aromatic rings. The number of rotatable bonds is 7. The summed E-state index contributed by atoms with van der Waals surface area (Å²) in [6.07, 6.45) is 11.1. The fourth-order valence-electron chi connectivity index (χ4n) is 4.73. The number of ether oxygens (including phenoxy) is 1. The highest BCUT2D eigenvalue weighted by atomic mass is 16.5. The summed E-state index contributed by atoms with van der Waals surface area (Å²) >= 11 is 0. The fourth-order valence-corrected chi connectivity index (χ4v) is 4.73. The molecule has 0 aliphatic carbocycles. The average Bonchev–Trinajstić information content (AvgIpc) is 3.34. The Labute approximate surface area is 220 Å². The van der Waals surface area contributed by atoms with Crippen molar-refractivity contribution in [1.82, 2.24) is 24.3 Å². The smallest absolute Gasteiger partial charge is 0.256 e. The molecule has 194 valence electrons. The van der Waals surface area contributed by atoms with Crippen molar-refractivity contribution in [3.8, 4) is 11.3 Å². The van der Waals surface area contributed by atoms with E-state index < -0.39 is 0 Å². The third-order valence-corrected chi connectivity index (χ3v) is 6.54. The van der Waals surface area contributed by atoms with Crippen molar-refractivity contribution in [2.24, 2.45) is 0 Å². The van der Waals surface area contributed by atoms with Crippen LogP contribution in [-0.2, 0) is 9.53 Å². The molecule has 10 nitrogen and oxygen atoms in total. The third kappa shape index (κ3) is 5.12. The summed E-state index contributed by atoms with van der Waals surface area (Å²) in [5.74, 6) is 1.22. The minimum absolute atomic E-state index is 0.0738. The number of amides is 2. The Bertz CT molecular complexity index is 1470. The van der Waals surface area contributed by atoms with Gasteiger partial charge >= 0.3 is 0 Å². The topological polar surface area (TPSA) is 128 Å². The summed E-state index contributed by atoms with van der Waals surface area (Å²) in [6, 6.07) is 12.3. The summed E-state index contributed by atoms with van der Waals surface area (Å²) in [4.78, 5) is 41.0. The molecule has 1 aliphatic heterocycles. The number of aromatic nitrogens is 4. The van der Waals surface area contributed by atoms with E-state index in [1.165, 1.54) is 0 Å². The van der Waals surface area contributed by atoms with Crippen molar-refractivity contribution in [3.63, 3.8) is 0 Å². The molecule has 1 fully saturated rings. The number of fused-ring (bicyclic) bond motifs is 1. The Morgan fingerprint density at radius 2 is 1.97 bits per heavy atom. The molecule has 3 N–H and O–H groups in total. The monoisotopic (exact) mass is 511 g/mol. The van der Waals surface area contributed by atoms with Crippen molar-refractivity contribution in [1.29, 1.82) is 0 Å². The molecule has 0 saturated carbocycles. The molecule has 0 spiro atoms. The molecule has 1 saturated heterocycles. The molecule has 5 rings (SSSR count). The van der Waals surface area contributed by atoms with Crippen molar-refractivity contribution >= 4 is 29.0 Å². The van der Waals surface area contributed by atoms with Crippen molar-refractivity contribution in [2.75, 3.05) is 31.3 Å². The van der Waals surface area contributed by atoms with E-state index in [4.69, 9.17) is 15.5 Å². The molecule has 1 aromatic carbocycles. The first kappa shape index (κ1) is 25.1. The first-order chi connectivity index (χ1) is 18.6. The molecular weight excluding hydrogens is 482 g/mol. The first-order valence-electron chi connectivity index (χ1n) is 12.5. The van der Waals surface area contributed by atoms with Gasteiger partial charge in [0.05, 0.1) is 12.6 Å². The quantitative estimate of drug-likeness (QED) is 0.360. The number of hydrogen-bond acceptors (Lipinski definition) is 7. The number of nitrogens with one attached hydrogen (secondary N) is 1. The molecule has 0 radical (unpaired) electrons. The molecule has 38 heavy (non-hydrogen) atoms. The standard InChI is InChI=1S/C28H29N7O3/c1-38-18-6-9-23(36)34-16-5-3-7-21(34)27-33-24(25-26(29)31-15-17-35(25)27)19-10-12-20(13-11-19)28(37)32-22-8-2-4-14-30-22/h2,4,6,8-15,17,21H,3,5,7,16,18H2,1H3,(H2,29,31)(H,30,32,37)/b9-6+. The van der Waals surface area contributed by atoms with Crippen LogP contribution in [0.4, 0.5) is 11.6 Å². The molecule has 4 heterocycles. The van der Waals surface area contributed by atoms with Crippen LogP contribution in [0.25, 0.3) is 16.8 Å². The molecule has 1 unspecified atom stereocenters. The summed E-state index contributed by atoms with van der Waals surface area (Å²) in [5, 5.41) is 2.79. The fraction of sp³-hybridized carbons (Fsp3) is 0.250. The van der Waals surface area contributed by atoms with Crippen molar-refractivity contribution in [3.05, 3.63) is 84.6 Å². The van der Waals surface area contributed by atoms with Crippen molar-refractivity contribution in [2.45, 2.75) is 25.3 Å². The number of hydrogen-bond donors (Lipinski definition) is 2. The van der Waals surface area contributed by atoms with E-state index in [9.17, 15) is 9.59 Å². The second-order valence-corrected chi connectivity index (χ2v) is 9.00. The Morgan fingerprint density at radius 1 is 1.13 bits per heavy atom. The zero-order chi connectivity index (χ0) is 26.5. The Kier molecular flexibility index (Phi) is 7.41. The van der Waals surface area contributed by atoms with Gasteiger partial charge in [-0.3, -0.25) is 14.0 Å². The van der Waals surface area contributed by atoms with Crippen molar-refractivity contribution < 1.29 is 14.3 Å². The van der Waals surface area contributed by atoms with Crippen LogP contribution in [0, 0.1) is 0 Å². The van der Waals surface area contributed by atoms with E-state index in [0.29, 0.717) is 41.6 Å². The number of nitrogens with zero attached hydrogens (tertiary/aromatic N) is 5. The highest BCUT2D eigenvalue weighted by molar-refractivity contribution is 6.04. The summed E-state index contributed by atoms with van der Waals surface area (Å²) < 4.78 is 6.97. The zero-order valence-corrected chi connectivity index (χ0v) is 21.1. The second kappa shape index (κ2) is 11.2. The largest absolute Gasteiger partial charge is 0.382 e. The van der Waals surface area contributed by atoms with Crippen LogP contribution in [0.15, 0.2) is 73.2 Å². The maximum Gasteiger partial charge on any atom is 0.256 e. The summed E-state index contributed by atoms with van der Waals surface area (Å²) in [6.45, 7) is 1.02. The molecular formula is C28H29N7O3. The number of likely N-dealkylation sites (tertiary alicyclic amines) is 1. The van der Waals surface area contributed by atoms with Crippen LogP contribution in [0.1, 0.15) is 41.5 Å². The highest BCUT2D eigenvalue weighted by Gasteiger charge is 2.31. The van der Waals surface area contributed by atoms with Gasteiger partial charge in [-0.25, -0.2) is 15.0 Å². The van der Waals surface area contributed by atoms with Crippen LogP contribution < -0.4 is 11.1 Å². The zero-order valence-electron chi connectivity index (χ0n) is 21.1. The maximum absolute atomic E-state index is 13.0. The second-order valence-electron chi connectivity index (χ2n) is 9.00. The lowest BCUT2D eigenvalue weighted by molar-refractivity contribution is -0.130. The van der Waals surface area contributed by atoms with Gasteiger partial charge in [0.2, 0.25) is 5.91 Å². The van der Waals surface area contributed by atoms with Gasteiger partial charge < -0.3 is 20.7 Å². The van der Waals surface area contributed by atoms with E-state index in [1.807, 2.05) is 33.7 Å². The minimum atomic E-state index is -0.260. The molecule has 0 bridgehead atoms. The number of nitrogens with two attached hydrogens (primary N) is 1. The maximum atomic E-state index is 13.0. The van der Waals surface area contributed by atoms with Gasteiger partial charge in [-0.1, -0.05) is 24.3 Å². The van der Waals surface area contributed by atoms with Crippen LogP contribution in [0.2, 0.25) is 0 Å². The normalized spacial score (nSPS) is 15.7. The number of methoxy groups -OCH3 is 1. The SMILES string of the molecule is COC/C=C/C(=O)N1CCCCC1c1nc(-c2ccc(C(=O)Nc3ccccn3)cc2)c2c(N)nccn12. The summed E-state index contributed by atoms with van der Waals surface area (Å²) in [5.41, 5.74) is 8.92. The Hall–Kier alpha value is -4.57. The number of pyridine rings is 1. The van der Waals surface area contributed by atoms with Gasteiger partial charge in [-0.15, -0.1) is 0 Å². The number of nitrogen functional groups attached to an aromatic ring is 1. The number of imidazole rings is 1. The Balaban J connectivity index is 1.48. The molecule has 1 aliphatic rings. The van der Waals surface area contributed by atoms with E-state index in [1.54, 1.807) is 55.9 Å². The third-order valence-electron chi connectivity index (χ3n) is 6.54. The summed E-state index contributed by atoms with van der Waals surface area (Å²) in [7, 11) is 1.59. The Morgan fingerprint density at radius 3 is 2.74 bits per heavy atom. The van der Waals surface area contributed by atoms with Gasteiger partial charge in [0.25, 0.3) is 5.91 Å². The van der Waals surface area contributed by atoms with Crippen LogP contribution in [0.3, 0.4) is 0 Å². The van der Waals surface area contributed by atoms with Crippen LogP contribution >= 0.6 is 0 Å². The van der Waals surface area contributed by atoms with Gasteiger partial charge in [-0.2, -0.15) is 0 Å².